The van der Waals surface area contributed by atoms with E-state index in [9.17, 15) is 14.9 Å². The number of nitrogens with one attached hydrogen (secondary N) is 1. The van der Waals surface area contributed by atoms with Gasteiger partial charge < -0.3 is 20.7 Å². The largest absolute Gasteiger partial charge is 0.453 e. The van der Waals surface area contributed by atoms with Crippen molar-refractivity contribution < 1.29 is 14.5 Å². The number of hydrogen-bond donors (Lipinski definition) is 2. The molecule has 2 rings (SSSR count). The molecule has 1 aliphatic heterocycles. The molecule has 8 heteroatoms. The molecule has 0 aliphatic carbocycles. The molecule has 1 atom stereocenters. The lowest BCUT2D eigenvalue weighted by Crippen LogP contribution is -2.36. The van der Waals surface area contributed by atoms with E-state index in [1.807, 2.05) is 4.90 Å². The first-order chi connectivity index (χ1) is 9.49. The lowest BCUT2D eigenvalue weighted by Gasteiger charge is -2.19. The van der Waals surface area contributed by atoms with E-state index in [0.717, 1.165) is 6.42 Å². The minimum atomic E-state index is -0.476. The van der Waals surface area contributed by atoms with Crippen molar-refractivity contribution in [2.75, 3.05) is 30.8 Å². The minimum absolute atomic E-state index is 0.0376. The molecular formula is C12H16N4O4. The number of nitrogen functional groups attached to an aromatic ring is 1. The van der Waals surface area contributed by atoms with Gasteiger partial charge in [0.25, 0.3) is 5.69 Å². The van der Waals surface area contributed by atoms with Crippen LogP contribution >= 0.6 is 0 Å². The third-order valence-corrected chi connectivity index (χ3v) is 3.20. The number of nitro benzene ring substituents is 1. The van der Waals surface area contributed by atoms with Crippen LogP contribution in [0.3, 0.4) is 0 Å². The smallest absolute Gasteiger partial charge is 0.407 e. The fourth-order valence-corrected chi connectivity index (χ4v) is 2.24. The van der Waals surface area contributed by atoms with Crippen LogP contribution in [0.2, 0.25) is 0 Å². The number of amides is 1. The van der Waals surface area contributed by atoms with Crippen LogP contribution in [0, 0.1) is 10.1 Å². The van der Waals surface area contributed by atoms with Crippen LogP contribution in [-0.4, -0.2) is 37.3 Å². The number of ether oxygens (including phenoxy) is 1. The summed E-state index contributed by atoms with van der Waals surface area (Å²) in [6.07, 6.45) is 0.271. The second-order valence-electron chi connectivity index (χ2n) is 4.61. The third kappa shape index (κ3) is 3.08. The van der Waals surface area contributed by atoms with Gasteiger partial charge in [-0.3, -0.25) is 10.1 Å². The monoisotopic (exact) mass is 280 g/mol. The van der Waals surface area contributed by atoms with Crippen LogP contribution in [0.5, 0.6) is 0 Å². The van der Waals surface area contributed by atoms with Crippen LogP contribution in [0.25, 0.3) is 0 Å². The number of non-ortho nitro benzene ring substituents is 1. The first kappa shape index (κ1) is 13.9. The van der Waals surface area contributed by atoms with E-state index in [-0.39, 0.29) is 11.7 Å². The molecule has 1 aromatic carbocycles. The summed E-state index contributed by atoms with van der Waals surface area (Å²) in [5.74, 6) is 0. The summed E-state index contributed by atoms with van der Waals surface area (Å²) >= 11 is 0. The lowest BCUT2D eigenvalue weighted by atomic mass is 10.2. The number of nitrogens with two attached hydrogens (primary N) is 1. The number of hydrogen-bond acceptors (Lipinski definition) is 6. The predicted molar refractivity (Wildman–Crippen MR) is 73.7 cm³/mol. The molecule has 8 nitrogen and oxygen atoms in total. The van der Waals surface area contributed by atoms with Crippen molar-refractivity contribution in [1.82, 2.24) is 5.32 Å². The molecule has 1 amide bonds. The fraction of sp³-hybridized carbons (Fsp3) is 0.417. The zero-order chi connectivity index (χ0) is 14.7. The number of benzene rings is 1. The first-order valence-electron chi connectivity index (χ1n) is 6.14. The van der Waals surface area contributed by atoms with Gasteiger partial charge >= 0.3 is 6.09 Å². The van der Waals surface area contributed by atoms with Crippen molar-refractivity contribution in [2.45, 2.75) is 12.5 Å². The normalized spacial score (nSPS) is 17.9. The molecule has 1 aromatic rings. The molecule has 20 heavy (non-hydrogen) atoms. The topological polar surface area (TPSA) is 111 Å². The number of nitrogens with zero attached hydrogens (tertiary/aromatic N) is 2. The molecule has 1 fully saturated rings. The molecule has 1 saturated heterocycles. The maximum absolute atomic E-state index is 11.1. The molecule has 0 saturated carbocycles. The van der Waals surface area contributed by atoms with E-state index < -0.39 is 11.0 Å². The van der Waals surface area contributed by atoms with Crippen molar-refractivity contribution in [1.29, 1.82) is 0 Å². The van der Waals surface area contributed by atoms with Gasteiger partial charge in [-0.15, -0.1) is 0 Å². The lowest BCUT2D eigenvalue weighted by molar-refractivity contribution is -0.384. The van der Waals surface area contributed by atoms with Gasteiger partial charge in [-0.25, -0.2) is 4.79 Å². The van der Waals surface area contributed by atoms with Crippen molar-refractivity contribution in [3.8, 4) is 0 Å². The minimum Gasteiger partial charge on any atom is -0.453 e. The summed E-state index contributed by atoms with van der Waals surface area (Å²) in [6, 6.07) is 4.46. The van der Waals surface area contributed by atoms with Gasteiger partial charge in [0.15, 0.2) is 0 Å². The van der Waals surface area contributed by atoms with Gasteiger partial charge in [-0.1, -0.05) is 0 Å². The Bertz CT molecular complexity index is 534. The Kier molecular flexibility index (Phi) is 3.92. The Morgan fingerprint density at radius 2 is 2.30 bits per heavy atom. The Labute approximate surface area is 115 Å². The predicted octanol–water partition coefficient (Wildman–Crippen LogP) is 1.11. The first-order valence-corrected chi connectivity index (χ1v) is 6.14. The van der Waals surface area contributed by atoms with Crippen LogP contribution < -0.4 is 16.0 Å². The van der Waals surface area contributed by atoms with Gasteiger partial charge in [0.2, 0.25) is 0 Å². The van der Waals surface area contributed by atoms with Crippen LogP contribution in [0.4, 0.5) is 21.9 Å². The van der Waals surface area contributed by atoms with Crippen LogP contribution in [0.1, 0.15) is 6.42 Å². The molecule has 0 bridgehead atoms. The van der Waals surface area contributed by atoms with Gasteiger partial charge in [0.1, 0.15) is 0 Å². The average molecular weight is 280 g/mol. The number of alkyl carbamates (subject to hydrolysis) is 1. The third-order valence-electron chi connectivity index (χ3n) is 3.20. The van der Waals surface area contributed by atoms with Crippen molar-refractivity contribution >= 4 is 23.2 Å². The van der Waals surface area contributed by atoms with Gasteiger partial charge in [0, 0.05) is 36.6 Å². The van der Waals surface area contributed by atoms with Gasteiger partial charge in [0.05, 0.1) is 18.1 Å². The molecule has 3 N–H and O–H groups in total. The number of carbonyl (C=O) groups is 1. The zero-order valence-corrected chi connectivity index (χ0v) is 11.0. The van der Waals surface area contributed by atoms with E-state index in [4.69, 9.17) is 5.73 Å². The Morgan fingerprint density at radius 3 is 2.95 bits per heavy atom. The van der Waals surface area contributed by atoms with E-state index in [2.05, 4.69) is 10.1 Å². The van der Waals surface area contributed by atoms with Gasteiger partial charge in [-0.05, 0) is 12.5 Å². The molecule has 1 unspecified atom stereocenters. The quantitative estimate of drug-likeness (QED) is 0.487. The number of rotatable bonds is 3. The maximum Gasteiger partial charge on any atom is 0.407 e. The highest BCUT2D eigenvalue weighted by molar-refractivity contribution is 5.68. The highest BCUT2D eigenvalue weighted by Crippen LogP contribution is 2.27. The standard InChI is InChI=1S/C12H16N4O4/c1-20-12(17)14-9-2-3-15(7-9)10-4-8(13)5-11(6-10)16(18)19/h4-6,9H,2-3,7,13H2,1H3,(H,14,17). The molecule has 1 aliphatic rings. The number of methoxy groups -OCH3 is 1. The van der Waals surface area contributed by atoms with Crippen LogP contribution in [0.15, 0.2) is 18.2 Å². The second kappa shape index (κ2) is 5.64. The SMILES string of the molecule is COC(=O)NC1CCN(c2cc(N)cc([N+](=O)[O-])c2)C1. The Morgan fingerprint density at radius 1 is 1.55 bits per heavy atom. The average Bonchev–Trinajstić information content (AvgIpc) is 2.86. The number of carbonyl (C=O) groups excluding carboxylic acids is 1. The summed E-state index contributed by atoms with van der Waals surface area (Å²) in [5.41, 5.74) is 6.68. The highest BCUT2D eigenvalue weighted by atomic mass is 16.6. The summed E-state index contributed by atoms with van der Waals surface area (Å²) in [5, 5.41) is 13.5. The summed E-state index contributed by atoms with van der Waals surface area (Å²) in [6.45, 7) is 1.25. The van der Waals surface area contributed by atoms with E-state index in [1.165, 1.54) is 19.2 Å². The van der Waals surface area contributed by atoms with E-state index in [0.29, 0.717) is 24.5 Å². The number of anilines is 2. The summed E-state index contributed by atoms with van der Waals surface area (Å²) in [4.78, 5) is 23.5. The van der Waals surface area contributed by atoms with E-state index >= 15 is 0 Å². The molecule has 0 spiro atoms. The Hall–Kier alpha value is -2.51. The summed E-state index contributed by atoms with van der Waals surface area (Å²) < 4.78 is 4.54. The van der Waals surface area contributed by atoms with Crippen molar-refractivity contribution in [3.63, 3.8) is 0 Å². The van der Waals surface area contributed by atoms with Crippen molar-refractivity contribution in [3.05, 3.63) is 28.3 Å². The molecule has 1 heterocycles. The Balaban J connectivity index is 2.10. The molecule has 0 radical (unpaired) electrons. The molecular weight excluding hydrogens is 264 g/mol. The molecule has 108 valence electrons. The van der Waals surface area contributed by atoms with Crippen LogP contribution in [-0.2, 0) is 4.74 Å². The summed E-state index contributed by atoms with van der Waals surface area (Å²) in [7, 11) is 1.31. The van der Waals surface area contributed by atoms with Crippen molar-refractivity contribution in [2.24, 2.45) is 0 Å². The fourth-order valence-electron chi connectivity index (χ4n) is 2.24. The highest BCUT2D eigenvalue weighted by Gasteiger charge is 2.25. The number of nitro groups is 1. The zero-order valence-electron chi connectivity index (χ0n) is 11.0. The second-order valence-corrected chi connectivity index (χ2v) is 4.61. The molecule has 0 aromatic heterocycles. The van der Waals surface area contributed by atoms with Gasteiger partial charge in [-0.2, -0.15) is 0 Å². The maximum atomic E-state index is 11.1. The van der Waals surface area contributed by atoms with E-state index in [1.54, 1.807) is 6.07 Å².